The molecule has 0 aromatic heterocycles. The Labute approximate surface area is 114 Å². The number of hydrogen-bond donors (Lipinski definition) is 1. The summed E-state index contributed by atoms with van der Waals surface area (Å²) in [5.41, 5.74) is 5.45. The zero-order valence-electron chi connectivity index (χ0n) is 10.8. The lowest BCUT2D eigenvalue weighted by Crippen LogP contribution is -2.37. The van der Waals surface area contributed by atoms with Gasteiger partial charge in [0.25, 0.3) is 0 Å². The lowest BCUT2D eigenvalue weighted by Gasteiger charge is -2.33. The molecular weight excluding hydrogens is 232 g/mol. The highest BCUT2D eigenvalue weighted by Crippen LogP contribution is 2.32. The summed E-state index contributed by atoms with van der Waals surface area (Å²) in [6.45, 7) is 5.54. The zero-order chi connectivity index (χ0) is 12.7. The molecule has 0 fully saturated rings. The molecular formula is C17H16N2. The van der Waals surface area contributed by atoms with Crippen LogP contribution in [0.15, 0.2) is 48.5 Å². The van der Waals surface area contributed by atoms with Crippen molar-refractivity contribution in [1.82, 2.24) is 10.2 Å². The third-order valence-electron chi connectivity index (χ3n) is 4.05. The van der Waals surface area contributed by atoms with Gasteiger partial charge in [-0.25, -0.2) is 0 Å². The standard InChI is InChI=1S/C17H16N2/c1-2-7-15-12-19(10-9-13(15)5-1)17-16-8-4-3-6-14(16)11-18-17/h1-8,17-18H,9-11H2. The fourth-order valence-corrected chi connectivity index (χ4v) is 3.05. The molecule has 0 saturated heterocycles. The maximum atomic E-state index is 3.59. The number of rotatable bonds is 1. The monoisotopic (exact) mass is 248 g/mol. The topological polar surface area (TPSA) is 15.3 Å². The number of fused-ring (bicyclic) bond motifs is 2. The highest BCUT2D eigenvalue weighted by molar-refractivity contribution is 5.38. The van der Waals surface area contributed by atoms with Crippen LogP contribution in [0.25, 0.3) is 0 Å². The molecule has 0 aliphatic carbocycles. The third kappa shape index (κ3) is 1.88. The van der Waals surface area contributed by atoms with Crippen molar-refractivity contribution in [2.45, 2.75) is 19.1 Å². The molecule has 0 amide bonds. The van der Waals surface area contributed by atoms with Crippen LogP contribution in [0.4, 0.5) is 0 Å². The van der Waals surface area contributed by atoms with Crippen molar-refractivity contribution in [1.29, 1.82) is 0 Å². The third-order valence-corrected chi connectivity index (χ3v) is 4.05. The molecule has 2 aromatic carbocycles. The van der Waals surface area contributed by atoms with Gasteiger partial charge in [0.15, 0.2) is 0 Å². The van der Waals surface area contributed by atoms with Crippen LogP contribution in [-0.4, -0.2) is 11.4 Å². The molecule has 2 heterocycles. The number of nitrogens with zero attached hydrogens (tertiary/aromatic N) is 1. The largest absolute Gasteiger partial charge is 0.294 e. The minimum Gasteiger partial charge on any atom is -0.294 e. The number of nitrogens with one attached hydrogen (secondary N) is 1. The average molecular weight is 248 g/mol. The van der Waals surface area contributed by atoms with Crippen molar-refractivity contribution in [3.8, 4) is 0 Å². The van der Waals surface area contributed by atoms with E-state index in [1.54, 1.807) is 0 Å². The van der Waals surface area contributed by atoms with Crippen LogP contribution in [-0.2, 0) is 13.0 Å². The van der Waals surface area contributed by atoms with Crippen LogP contribution in [0.2, 0.25) is 0 Å². The predicted molar refractivity (Wildman–Crippen MR) is 75.2 cm³/mol. The Balaban J connectivity index is 1.63. The molecule has 2 aliphatic rings. The molecule has 2 nitrogen and oxygen atoms in total. The highest BCUT2D eigenvalue weighted by Gasteiger charge is 2.29. The lowest BCUT2D eigenvalue weighted by molar-refractivity contribution is 0.221. The predicted octanol–water partition coefficient (Wildman–Crippen LogP) is 2.73. The maximum absolute atomic E-state index is 3.59. The molecule has 1 unspecified atom stereocenters. The Morgan fingerprint density at radius 3 is 2.74 bits per heavy atom. The van der Waals surface area contributed by atoms with Crippen molar-refractivity contribution in [3.05, 3.63) is 77.3 Å². The highest BCUT2D eigenvalue weighted by atomic mass is 15.3. The van der Waals surface area contributed by atoms with Crippen molar-refractivity contribution < 1.29 is 0 Å². The molecule has 2 heteroatoms. The summed E-state index contributed by atoms with van der Waals surface area (Å²) in [7, 11) is 0. The zero-order valence-corrected chi connectivity index (χ0v) is 10.8. The normalized spacial score (nSPS) is 22.0. The second-order valence-electron chi connectivity index (χ2n) is 5.19. The summed E-state index contributed by atoms with van der Waals surface area (Å²) in [6, 6.07) is 17.2. The molecule has 0 saturated carbocycles. The molecule has 2 radical (unpaired) electrons. The van der Waals surface area contributed by atoms with Gasteiger partial charge in [0.2, 0.25) is 0 Å². The average Bonchev–Trinajstić information content (AvgIpc) is 2.91. The van der Waals surface area contributed by atoms with Crippen LogP contribution in [0.5, 0.6) is 0 Å². The number of benzene rings is 2. The van der Waals surface area contributed by atoms with E-state index in [1.807, 2.05) is 0 Å². The molecule has 4 rings (SSSR count). The van der Waals surface area contributed by atoms with Crippen LogP contribution < -0.4 is 5.32 Å². The van der Waals surface area contributed by atoms with E-state index in [0.29, 0.717) is 0 Å². The fraction of sp³-hybridized carbons (Fsp3) is 0.235. The summed E-state index contributed by atoms with van der Waals surface area (Å²) in [5.74, 6) is 0. The molecule has 2 aromatic rings. The fourth-order valence-electron chi connectivity index (χ4n) is 3.05. The Morgan fingerprint density at radius 1 is 1.00 bits per heavy atom. The molecule has 19 heavy (non-hydrogen) atoms. The van der Waals surface area contributed by atoms with E-state index in [-0.39, 0.29) is 6.17 Å². The molecule has 1 N–H and O–H groups in total. The second kappa shape index (κ2) is 4.48. The van der Waals surface area contributed by atoms with Crippen molar-refractivity contribution >= 4 is 0 Å². The van der Waals surface area contributed by atoms with Gasteiger partial charge in [0.1, 0.15) is 0 Å². The number of hydrogen-bond acceptors (Lipinski definition) is 2. The summed E-state index contributed by atoms with van der Waals surface area (Å²) >= 11 is 0. The van der Waals surface area contributed by atoms with Crippen LogP contribution >= 0.6 is 0 Å². The van der Waals surface area contributed by atoms with Crippen LogP contribution in [0.3, 0.4) is 0 Å². The Bertz CT molecular complexity index is 606. The van der Waals surface area contributed by atoms with E-state index < -0.39 is 0 Å². The summed E-state index contributed by atoms with van der Waals surface area (Å²) < 4.78 is 0. The quantitative estimate of drug-likeness (QED) is 0.834. The van der Waals surface area contributed by atoms with Gasteiger partial charge in [-0.1, -0.05) is 48.5 Å². The molecule has 2 aliphatic heterocycles. The van der Waals surface area contributed by atoms with E-state index in [9.17, 15) is 0 Å². The first-order valence-corrected chi connectivity index (χ1v) is 6.84. The van der Waals surface area contributed by atoms with Crippen LogP contribution in [0, 0.1) is 6.54 Å². The van der Waals surface area contributed by atoms with Crippen LogP contribution in [0.1, 0.15) is 28.4 Å². The van der Waals surface area contributed by atoms with E-state index in [2.05, 4.69) is 65.3 Å². The van der Waals surface area contributed by atoms with Crippen molar-refractivity contribution in [2.24, 2.45) is 0 Å². The van der Waals surface area contributed by atoms with E-state index in [4.69, 9.17) is 0 Å². The lowest BCUT2D eigenvalue weighted by atomic mass is 9.98. The molecule has 94 valence electrons. The van der Waals surface area contributed by atoms with Gasteiger partial charge in [-0.2, -0.15) is 0 Å². The van der Waals surface area contributed by atoms with Gasteiger partial charge in [0.05, 0.1) is 12.7 Å². The van der Waals surface area contributed by atoms with E-state index >= 15 is 0 Å². The van der Waals surface area contributed by atoms with Crippen molar-refractivity contribution in [3.63, 3.8) is 0 Å². The van der Waals surface area contributed by atoms with Gasteiger partial charge < -0.3 is 0 Å². The Morgan fingerprint density at radius 2 is 1.79 bits per heavy atom. The van der Waals surface area contributed by atoms with Gasteiger partial charge in [-0.3, -0.25) is 10.2 Å². The second-order valence-corrected chi connectivity index (χ2v) is 5.19. The minimum absolute atomic E-state index is 0.282. The SMILES string of the molecule is [C]1c2ccccc2CCN1C1NCc2ccccc21. The summed E-state index contributed by atoms with van der Waals surface area (Å²) in [5, 5.41) is 3.59. The first kappa shape index (κ1) is 11.2. The first-order valence-electron chi connectivity index (χ1n) is 6.84. The maximum Gasteiger partial charge on any atom is 0.0982 e. The van der Waals surface area contributed by atoms with Gasteiger partial charge in [-0.15, -0.1) is 0 Å². The van der Waals surface area contributed by atoms with E-state index in [1.165, 1.54) is 22.3 Å². The Hall–Kier alpha value is -1.64. The summed E-state index contributed by atoms with van der Waals surface area (Å²) in [6.07, 6.45) is 1.38. The van der Waals surface area contributed by atoms with E-state index in [0.717, 1.165) is 19.5 Å². The molecule has 0 spiro atoms. The van der Waals surface area contributed by atoms with Gasteiger partial charge in [-0.05, 0) is 28.7 Å². The molecule has 0 bridgehead atoms. The summed E-state index contributed by atoms with van der Waals surface area (Å²) in [4.78, 5) is 2.31. The van der Waals surface area contributed by atoms with Gasteiger partial charge in [0, 0.05) is 13.1 Å². The van der Waals surface area contributed by atoms with Crippen molar-refractivity contribution in [2.75, 3.05) is 6.54 Å². The minimum atomic E-state index is 0.282. The smallest absolute Gasteiger partial charge is 0.0982 e. The molecule has 1 atom stereocenters. The van der Waals surface area contributed by atoms with Gasteiger partial charge >= 0.3 is 0 Å². The first-order chi connectivity index (χ1) is 9.42. The Kier molecular flexibility index (Phi) is 2.64.